The summed E-state index contributed by atoms with van der Waals surface area (Å²) in [4.78, 5) is 11.8. The summed E-state index contributed by atoms with van der Waals surface area (Å²) in [5, 5.41) is 11.2. The topological polar surface area (TPSA) is 48.7 Å². The van der Waals surface area contributed by atoms with E-state index in [1.807, 2.05) is 48.3 Å². The van der Waals surface area contributed by atoms with Crippen molar-refractivity contribution in [3.8, 4) is 5.75 Å². The number of hydrogen-bond donors (Lipinski definition) is 1. The molecule has 1 fully saturated rings. The van der Waals surface area contributed by atoms with Gasteiger partial charge < -0.3 is 10.0 Å². The van der Waals surface area contributed by atoms with Crippen LogP contribution in [0.5, 0.6) is 5.75 Å². The Morgan fingerprint density at radius 2 is 2.00 bits per heavy atom. The molecule has 112 valence electrons. The van der Waals surface area contributed by atoms with E-state index in [0.29, 0.717) is 11.0 Å². The summed E-state index contributed by atoms with van der Waals surface area (Å²) in [5.41, 5.74) is 2.16. The number of fused-ring (bicyclic) bond motifs is 1. The van der Waals surface area contributed by atoms with Crippen molar-refractivity contribution in [2.45, 2.75) is 24.3 Å². The molecule has 0 bridgehead atoms. The summed E-state index contributed by atoms with van der Waals surface area (Å²) in [6.45, 7) is 3.23. The Balaban J connectivity index is 1.76. The van der Waals surface area contributed by atoms with E-state index in [9.17, 15) is 5.11 Å². The molecule has 22 heavy (non-hydrogen) atoms. The molecule has 2 aromatic rings. The number of thioether (sulfide) groups is 1. The van der Waals surface area contributed by atoms with Crippen molar-refractivity contribution in [3.05, 3.63) is 59.9 Å². The normalized spacial score (nSPS) is 26.9. The van der Waals surface area contributed by atoms with Crippen LogP contribution in [0.4, 0.5) is 0 Å². The van der Waals surface area contributed by atoms with Crippen molar-refractivity contribution in [2.75, 3.05) is 6.54 Å². The summed E-state index contributed by atoms with van der Waals surface area (Å²) < 4.78 is 0. The lowest BCUT2D eigenvalue weighted by Crippen LogP contribution is -2.28. The molecule has 1 N–H and O–H groups in total. The van der Waals surface area contributed by atoms with Gasteiger partial charge in [0.05, 0.1) is 11.7 Å². The van der Waals surface area contributed by atoms with Crippen LogP contribution in [0.3, 0.4) is 0 Å². The fourth-order valence-electron chi connectivity index (χ4n) is 3.15. The fourth-order valence-corrected chi connectivity index (χ4v) is 4.24. The number of aromatic hydroxyl groups is 1. The van der Waals surface area contributed by atoms with Gasteiger partial charge in [-0.2, -0.15) is 0 Å². The number of aliphatic imine (C=N–C) groups is 1. The number of nitrogens with zero attached hydrogens (tertiary/aromatic N) is 3. The van der Waals surface area contributed by atoms with Gasteiger partial charge in [0.25, 0.3) is 0 Å². The smallest absolute Gasteiger partial charge is 0.160 e. The fraction of sp³-hybridized carbons (Fsp3) is 0.294. The third kappa shape index (κ3) is 2.25. The van der Waals surface area contributed by atoms with Crippen molar-refractivity contribution in [1.29, 1.82) is 0 Å². The number of rotatable bonds is 2. The van der Waals surface area contributed by atoms with Crippen molar-refractivity contribution < 1.29 is 5.11 Å². The van der Waals surface area contributed by atoms with Gasteiger partial charge in [0.2, 0.25) is 0 Å². The van der Waals surface area contributed by atoms with Gasteiger partial charge in [0.1, 0.15) is 11.8 Å². The van der Waals surface area contributed by atoms with E-state index in [1.165, 1.54) is 5.56 Å². The van der Waals surface area contributed by atoms with Crippen molar-refractivity contribution in [1.82, 2.24) is 9.88 Å². The molecule has 1 aromatic heterocycles. The van der Waals surface area contributed by atoms with Crippen LogP contribution in [-0.2, 0) is 0 Å². The van der Waals surface area contributed by atoms with Gasteiger partial charge >= 0.3 is 0 Å². The molecule has 0 amide bonds. The second kappa shape index (κ2) is 5.32. The van der Waals surface area contributed by atoms with E-state index in [0.717, 1.165) is 17.4 Å². The van der Waals surface area contributed by atoms with Crippen molar-refractivity contribution >= 4 is 16.9 Å². The average molecular weight is 311 g/mol. The molecule has 4 rings (SSSR count). The lowest BCUT2D eigenvalue weighted by Gasteiger charge is -2.27. The summed E-state index contributed by atoms with van der Waals surface area (Å²) in [7, 11) is 0. The molecular weight excluding hydrogens is 294 g/mol. The van der Waals surface area contributed by atoms with Crippen LogP contribution in [0, 0.1) is 0 Å². The number of amidine groups is 1. The minimum absolute atomic E-state index is 0.0146. The monoisotopic (exact) mass is 311 g/mol. The summed E-state index contributed by atoms with van der Waals surface area (Å²) in [6, 6.07) is 13.6. The van der Waals surface area contributed by atoms with Gasteiger partial charge in [-0.3, -0.25) is 9.98 Å². The molecule has 0 radical (unpaired) electrons. The molecule has 0 spiro atoms. The number of phenolic OH excluding ortho intramolecular Hbond substituents is 1. The number of phenols is 1. The van der Waals surface area contributed by atoms with E-state index in [2.05, 4.69) is 16.8 Å². The summed E-state index contributed by atoms with van der Waals surface area (Å²) in [6.07, 6.45) is 1.82. The average Bonchev–Trinajstić information content (AvgIpc) is 3.05. The van der Waals surface area contributed by atoms with Crippen LogP contribution in [0.1, 0.15) is 30.3 Å². The van der Waals surface area contributed by atoms with Gasteiger partial charge in [0, 0.05) is 18.0 Å². The molecule has 0 saturated carbocycles. The lowest BCUT2D eigenvalue weighted by molar-refractivity contribution is 0.321. The first-order chi connectivity index (χ1) is 10.7. The molecule has 2 aliphatic rings. The van der Waals surface area contributed by atoms with E-state index < -0.39 is 0 Å². The molecule has 1 saturated heterocycles. The van der Waals surface area contributed by atoms with Crippen molar-refractivity contribution in [2.24, 2.45) is 4.99 Å². The molecule has 2 aliphatic heterocycles. The van der Waals surface area contributed by atoms with E-state index in [4.69, 9.17) is 4.99 Å². The van der Waals surface area contributed by atoms with Gasteiger partial charge in [-0.15, -0.1) is 0 Å². The Morgan fingerprint density at radius 3 is 2.73 bits per heavy atom. The standard InChI is InChI=1S/C17H17N3OS/c1-11-10-20-16(12-5-7-13(21)8-6-12)15(19-17(20)22-11)14-4-2-3-9-18-14/h2-9,11,15-16,21H,10H2,1H3/t11-,15+,16-/m0/s1. The Bertz CT molecular complexity index is 702. The van der Waals surface area contributed by atoms with Gasteiger partial charge in [-0.1, -0.05) is 36.9 Å². The maximum absolute atomic E-state index is 9.55. The van der Waals surface area contributed by atoms with Gasteiger partial charge in [0.15, 0.2) is 5.17 Å². The highest BCUT2D eigenvalue weighted by Crippen LogP contribution is 2.47. The van der Waals surface area contributed by atoms with Gasteiger partial charge in [-0.05, 0) is 29.8 Å². The third-order valence-electron chi connectivity index (χ3n) is 4.12. The minimum atomic E-state index is 0.0146. The quantitative estimate of drug-likeness (QED) is 0.924. The Kier molecular flexibility index (Phi) is 3.30. The van der Waals surface area contributed by atoms with Crippen LogP contribution >= 0.6 is 11.8 Å². The molecule has 3 heterocycles. The van der Waals surface area contributed by atoms with Gasteiger partial charge in [-0.25, -0.2) is 0 Å². The molecule has 3 atom stereocenters. The highest BCUT2D eigenvalue weighted by molar-refractivity contribution is 8.14. The van der Waals surface area contributed by atoms with Crippen molar-refractivity contribution in [3.63, 3.8) is 0 Å². The number of hydrogen-bond acceptors (Lipinski definition) is 5. The van der Waals surface area contributed by atoms with E-state index in [1.54, 1.807) is 12.1 Å². The highest BCUT2D eigenvalue weighted by atomic mass is 32.2. The first kappa shape index (κ1) is 13.6. The Hall–Kier alpha value is -2.01. The molecule has 4 nitrogen and oxygen atoms in total. The maximum Gasteiger partial charge on any atom is 0.160 e. The number of aromatic nitrogens is 1. The van der Waals surface area contributed by atoms with E-state index >= 15 is 0 Å². The van der Waals surface area contributed by atoms with Crippen LogP contribution in [-0.4, -0.2) is 32.0 Å². The Labute approximate surface area is 133 Å². The summed E-state index contributed by atoms with van der Waals surface area (Å²) in [5.74, 6) is 0.293. The first-order valence-corrected chi connectivity index (χ1v) is 8.31. The largest absolute Gasteiger partial charge is 0.508 e. The number of pyridine rings is 1. The number of benzene rings is 1. The predicted octanol–water partition coefficient (Wildman–Crippen LogP) is 3.38. The second-order valence-corrected chi connectivity index (χ2v) is 7.13. The van der Waals surface area contributed by atoms with E-state index in [-0.39, 0.29) is 12.1 Å². The lowest BCUT2D eigenvalue weighted by atomic mass is 9.96. The third-order valence-corrected chi connectivity index (χ3v) is 5.22. The minimum Gasteiger partial charge on any atom is -0.508 e. The van der Waals surface area contributed by atoms with Crippen LogP contribution < -0.4 is 0 Å². The SMILES string of the molecule is C[C@H]1CN2C(=N[C@H](c3ccccn3)[C@@H]2c2ccc(O)cc2)S1. The maximum atomic E-state index is 9.55. The molecular formula is C17H17N3OS. The molecule has 5 heteroatoms. The van der Waals surface area contributed by atoms with Crippen LogP contribution in [0.25, 0.3) is 0 Å². The zero-order valence-corrected chi connectivity index (χ0v) is 13.1. The first-order valence-electron chi connectivity index (χ1n) is 7.43. The van der Waals surface area contributed by atoms with Crippen LogP contribution in [0.15, 0.2) is 53.7 Å². The molecule has 0 aliphatic carbocycles. The summed E-state index contributed by atoms with van der Waals surface area (Å²) >= 11 is 1.83. The zero-order chi connectivity index (χ0) is 15.1. The predicted molar refractivity (Wildman–Crippen MR) is 89.0 cm³/mol. The molecule has 1 aromatic carbocycles. The zero-order valence-electron chi connectivity index (χ0n) is 12.3. The second-order valence-electron chi connectivity index (χ2n) is 5.73. The molecule has 0 unspecified atom stereocenters. The van der Waals surface area contributed by atoms with Crippen LogP contribution in [0.2, 0.25) is 0 Å². The highest BCUT2D eigenvalue weighted by Gasteiger charge is 2.43. The Morgan fingerprint density at radius 1 is 1.18 bits per heavy atom.